The topological polar surface area (TPSA) is 95.9 Å². The summed E-state index contributed by atoms with van der Waals surface area (Å²) < 4.78 is 4.71. The number of amides is 1. The minimum atomic E-state index is -0.607. The van der Waals surface area contributed by atoms with Gasteiger partial charge in [0.2, 0.25) is 0 Å². The summed E-state index contributed by atoms with van der Waals surface area (Å²) in [6.45, 7) is 1.44. The molecule has 0 bridgehead atoms. The van der Waals surface area contributed by atoms with Gasteiger partial charge < -0.3 is 20.1 Å². The van der Waals surface area contributed by atoms with Crippen LogP contribution in [-0.2, 0) is 14.3 Å². The third-order valence-corrected chi connectivity index (χ3v) is 3.49. The Morgan fingerprint density at radius 2 is 2.13 bits per heavy atom. The second kappa shape index (κ2) is 7.06. The zero-order valence-electron chi connectivity index (χ0n) is 13.0. The number of ether oxygens (including phenoxy) is 1. The maximum atomic E-state index is 12.4. The Morgan fingerprint density at radius 1 is 1.39 bits per heavy atom. The highest BCUT2D eigenvalue weighted by atomic mass is 16.5. The summed E-state index contributed by atoms with van der Waals surface area (Å²) >= 11 is 0. The van der Waals surface area contributed by atoms with Gasteiger partial charge >= 0.3 is 5.97 Å². The largest absolute Gasteiger partial charge is 0.466 e. The third kappa shape index (κ3) is 3.57. The first-order valence-corrected chi connectivity index (χ1v) is 7.07. The van der Waals surface area contributed by atoms with Crippen LogP contribution in [0.25, 0.3) is 0 Å². The van der Waals surface area contributed by atoms with Crippen molar-refractivity contribution in [1.29, 1.82) is 0 Å². The van der Waals surface area contributed by atoms with E-state index in [4.69, 9.17) is 9.84 Å². The number of ketones is 1. The van der Waals surface area contributed by atoms with Gasteiger partial charge in [0.25, 0.3) is 5.91 Å². The lowest BCUT2D eigenvalue weighted by atomic mass is 10.1. The van der Waals surface area contributed by atoms with Crippen molar-refractivity contribution in [2.45, 2.75) is 6.92 Å². The maximum Gasteiger partial charge on any atom is 0.337 e. The van der Waals surface area contributed by atoms with Crippen molar-refractivity contribution in [2.75, 3.05) is 32.1 Å². The molecule has 0 fully saturated rings. The fourth-order valence-electron chi connectivity index (χ4n) is 2.31. The smallest absolute Gasteiger partial charge is 0.337 e. The van der Waals surface area contributed by atoms with Gasteiger partial charge in [0, 0.05) is 17.8 Å². The molecule has 122 valence electrons. The Hall–Kier alpha value is -2.67. The highest BCUT2D eigenvalue weighted by Crippen LogP contribution is 2.23. The Bertz CT molecular complexity index is 681. The van der Waals surface area contributed by atoms with Gasteiger partial charge in [0.05, 0.1) is 25.8 Å². The van der Waals surface area contributed by atoms with Gasteiger partial charge in [-0.15, -0.1) is 0 Å². The van der Waals surface area contributed by atoms with E-state index in [1.165, 1.54) is 18.9 Å². The van der Waals surface area contributed by atoms with E-state index in [-0.39, 0.29) is 36.7 Å². The number of rotatable bonds is 6. The fraction of sp³-hybridized carbons (Fsp3) is 0.312. The van der Waals surface area contributed by atoms with Crippen LogP contribution < -0.4 is 5.32 Å². The summed E-state index contributed by atoms with van der Waals surface area (Å²) in [6, 6.07) is 6.64. The van der Waals surface area contributed by atoms with Gasteiger partial charge in [-0.25, -0.2) is 4.79 Å². The lowest BCUT2D eigenvalue weighted by molar-refractivity contribution is -0.136. The summed E-state index contributed by atoms with van der Waals surface area (Å²) in [5, 5.41) is 11.9. The molecule has 7 heteroatoms. The molecule has 1 aliphatic rings. The first kappa shape index (κ1) is 16.7. The summed E-state index contributed by atoms with van der Waals surface area (Å²) in [7, 11) is 1.24. The number of carbonyl (C=O) groups excluding carboxylic acids is 3. The van der Waals surface area contributed by atoms with Gasteiger partial charge in [0.1, 0.15) is 5.70 Å². The number of aliphatic hydroxyl groups excluding tert-OH is 1. The van der Waals surface area contributed by atoms with E-state index in [1.807, 2.05) is 0 Å². The highest BCUT2D eigenvalue weighted by Gasteiger charge is 2.34. The number of carbonyl (C=O) groups is 3. The first-order chi connectivity index (χ1) is 11.0. The van der Waals surface area contributed by atoms with Crippen LogP contribution in [0.15, 0.2) is 35.5 Å². The van der Waals surface area contributed by atoms with E-state index >= 15 is 0 Å². The Balaban J connectivity index is 2.33. The summed E-state index contributed by atoms with van der Waals surface area (Å²) in [5.74, 6) is -1.10. The number of nitrogens with zero attached hydrogens (tertiary/aromatic N) is 1. The quantitative estimate of drug-likeness (QED) is 0.588. The van der Waals surface area contributed by atoms with Crippen molar-refractivity contribution in [3.05, 3.63) is 41.1 Å². The van der Waals surface area contributed by atoms with Crippen LogP contribution in [0.4, 0.5) is 5.69 Å². The first-order valence-electron chi connectivity index (χ1n) is 7.07. The lowest BCUT2D eigenvalue weighted by Crippen LogP contribution is -2.31. The van der Waals surface area contributed by atoms with Gasteiger partial charge in [-0.2, -0.15) is 0 Å². The zero-order chi connectivity index (χ0) is 17.0. The Labute approximate surface area is 133 Å². The summed E-state index contributed by atoms with van der Waals surface area (Å²) in [6.07, 6.45) is 0. The molecule has 1 amide bonds. The van der Waals surface area contributed by atoms with E-state index < -0.39 is 11.9 Å². The van der Waals surface area contributed by atoms with E-state index in [2.05, 4.69) is 5.32 Å². The van der Waals surface area contributed by atoms with Gasteiger partial charge in [0.15, 0.2) is 5.78 Å². The van der Waals surface area contributed by atoms with E-state index in [9.17, 15) is 14.4 Å². The summed E-state index contributed by atoms with van der Waals surface area (Å²) in [5.41, 5.74) is 1.31. The molecule has 2 N–H and O–H groups in total. The number of aliphatic hydroxyl groups is 1. The van der Waals surface area contributed by atoms with E-state index in [1.54, 1.807) is 24.3 Å². The van der Waals surface area contributed by atoms with Gasteiger partial charge in [-0.05, 0) is 19.1 Å². The fourth-order valence-corrected chi connectivity index (χ4v) is 2.31. The Kier molecular flexibility index (Phi) is 5.13. The predicted molar refractivity (Wildman–Crippen MR) is 82.8 cm³/mol. The number of anilines is 1. The molecule has 7 nitrogen and oxygen atoms in total. The normalized spacial score (nSPS) is 14.2. The number of esters is 1. The SMILES string of the molecule is COC(=O)C1=C(Nc2cccc(C(C)=O)c2)C(=O)N(CCO)C1. The molecular weight excluding hydrogens is 300 g/mol. The molecule has 1 aromatic carbocycles. The number of benzene rings is 1. The van der Waals surface area contributed by atoms with Crippen LogP contribution in [0, 0.1) is 0 Å². The number of nitrogens with one attached hydrogen (secondary N) is 1. The number of hydrogen-bond donors (Lipinski definition) is 2. The molecule has 2 rings (SSSR count). The average Bonchev–Trinajstić information content (AvgIpc) is 2.84. The molecule has 0 spiro atoms. The Morgan fingerprint density at radius 3 is 2.74 bits per heavy atom. The van der Waals surface area contributed by atoms with Crippen LogP contribution in [-0.4, -0.2) is 54.5 Å². The molecule has 0 saturated carbocycles. The van der Waals surface area contributed by atoms with Crippen LogP contribution in [0.5, 0.6) is 0 Å². The maximum absolute atomic E-state index is 12.4. The monoisotopic (exact) mass is 318 g/mol. The third-order valence-electron chi connectivity index (χ3n) is 3.49. The second-order valence-corrected chi connectivity index (χ2v) is 5.06. The average molecular weight is 318 g/mol. The molecule has 0 saturated heterocycles. The van der Waals surface area contributed by atoms with Crippen molar-refractivity contribution in [2.24, 2.45) is 0 Å². The van der Waals surface area contributed by atoms with E-state index in [0.29, 0.717) is 11.3 Å². The van der Waals surface area contributed by atoms with Crippen molar-refractivity contribution in [3.63, 3.8) is 0 Å². The molecule has 0 aromatic heterocycles. The van der Waals surface area contributed by atoms with Gasteiger partial charge in [-0.1, -0.05) is 12.1 Å². The molecular formula is C16H18N2O5. The molecule has 0 aliphatic carbocycles. The second-order valence-electron chi connectivity index (χ2n) is 5.06. The van der Waals surface area contributed by atoms with Crippen LogP contribution in [0.3, 0.4) is 0 Å². The molecule has 0 unspecified atom stereocenters. The van der Waals surface area contributed by atoms with E-state index in [0.717, 1.165) is 0 Å². The molecule has 1 aromatic rings. The number of hydrogen-bond acceptors (Lipinski definition) is 6. The van der Waals surface area contributed by atoms with Crippen molar-refractivity contribution in [3.8, 4) is 0 Å². The number of Topliss-reactive ketones (excluding diaryl/α,β-unsaturated/α-hetero) is 1. The standard InChI is InChI=1S/C16H18N2O5/c1-10(20)11-4-3-5-12(8-11)17-14-13(16(22)23-2)9-18(6-7-19)15(14)21/h3-5,8,17,19H,6-7,9H2,1-2H3. The predicted octanol–water partition coefficient (Wildman–Crippen LogP) is 0.563. The van der Waals surface area contributed by atoms with Gasteiger partial charge in [-0.3, -0.25) is 9.59 Å². The summed E-state index contributed by atoms with van der Waals surface area (Å²) in [4.78, 5) is 37.0. The molecule has 0 radical (unpaired) electrons. The van der Waals surface area contributed by atoms with Crippen LogP contribution in [0.2, 0.25) is 0 Å². The van der Waals surface area contributed by atoms with Crippen LogP contribution >= 0.6 is 0 Å². The minimum absolute atomic E-state index is 0.0702. The minimum Gasteiger partial charge on any atom is -0.466 e. The zero-order valence-corrected chi connectivity index (χ0v) is 13.0. The van der Waals surface area contributed by atoms with Crippen molar-refractivity contribution in [1.82, 2.24) is 4.90 Å². The van der Waals surface area contributed by atoms with Crippen molar-refractivity contribution >= 4 is 23.3 Å². The number of methoxy groups -OCH3 is 1. The van der Waals surface area contributed by atoms with Crippen molar-refractivity contribution < 1.29 is 24.2 Å². The molecule has 1 aliphatic heterocycles. The lowest BCUT2D eigenvalue weighted by Gasteiger charge is -2.15. The molecule has 23 heavy (non-hydrogen) atoms. The number of β-amino-alcohol motifs (C(OH)–C–C–N with tert-alkyl or cyclic N) is 1. The highest BCUT2D eigenvalue weighted by molar-refractivity contribution is 6.08. The van der Waals surface area contributed by atoms with Crippen LogP contribution in [0.1, 0.15) is 17.3 Å². The molecule has 0 atom stereocenters. The molecule has 1 heterocycles.